The van der Waals surface area contributed by atoms with E-state index in [0.29, 0.717) is 5.92 Å². The van der Waals surface area contributed by atoms with E-state index in [4.69, 9.17) is 0 Å². The molecular weight excluding hydrogens is 641 g/mol. The molecule has 0 amide bonds. The normalized spacial score (nSPS) is 19.0. The van der Waals surface area contributed by atoms with E-state index in [-0.39, 0.29) is 10.8 Å². The Kier molecular flexibility index (Phi) is 6.69. The Morgan fingerprint density at radius 1 is 0.480 bits per heavy atom. The van der Waals surface area contributed by atoms with Crippen LogP contribution in [0.25, 0.3) is 74.4 Å². The zero-order chi connectivity index (χ0) is 33.6. The molecule has 0 spiro atoms. The SMILES string of the molecule is CC12CCC(c3c1c(-c1ccccc1)c1ccc(-c4ccc(-c5ccc(-c6ccc7ccccc7c6)s5)s4)cc1c3-c1ccccc1)C2(C)C. The third-order valence-electron chi connectivity index (χ3n) is 12.4. The summed E-state index contributed by atoms with van der Waals surface area (Å²) in [7, 11) is 0. The lowest BCUT2D eigenvalue weighted by Gasteiger charge is -2.37. The van der Waals surface area contributed by atoms with Gasteiger partial charge in [-0.15, -0.1) is 22.7 Å². The van der Waals surface area contributed by atoms with E-state index in [1.54, 1.807) is 11.1 Å². The minimum Gasteiger partial charge on any atom is -0.134 e. The first kappa shape index (κ1) is 30.1. The molecule has 2 heterocycles. The van der Waals surface area contributed by atoms with Crippen molar-refractivity contribution in [2.45, 2.75) is 44.9 Å². The predicted octanol–water partition coefficient (Wildman–Crippen LogP) is 14.6. The van der Waals surface area contributed by atoms with Crippen molar-refractivity contribution in [1.82, 2.24) is 0 Å². The number of hydrogen-bond acceptors (Lipinski definition) is 2. The molecule has 8 aromatic rings. The Balaban J connectivity index is 1.14. The summed E-state index contributed by atoms with van der Waals surface area (Å²) in [4.78, 5) is 5.28. The van der Waals surface area contributed by atoms with Gasteiger partial charge in [0.05, 0.1) is 0 Å². The molecule has 0 nitrogen and oxygen atoms in total. The second-order valence-electron chi connectivity index (χ2n) is 15.1. The van der Waals surface area contributed by atoms with Crippen molar-refractivity contribution in [2.24, 2.45) is 5.41 Å². The van der Waals surface area contributed by atoms with Crippen LogP contribution in [0.1, 0.15) is 50.7 Å². The molecule has 1 fully saturated rings. The molecule has 2 atom stereocenters. The van der Waals surface area contributed by atoms with Gasteiger partial charge in [-0.3, -0.25) is 0 Å². The van der Waals surface area contributed by atoms with Gasteiger partial charge in [-0.25, -0.2) is 0 Å². The molecule has 242 valence electrons. The molecule has 0 saturated heterocycles. The molecule has 2 aliphatic carbocycles. The summed E-state index contributed by atoms with van der Waals surface area (Å²) in [5, 5.41) is 5.32. The van der Waals surface area contributed by atoms with Crippen molar-refractivity contribution in [3.05, 3.63) is 157 Å². The molecule has 2 bridgehead atoms. The Hall–Kier alpha value is -4.76. The van der Waals surface area contributed by atoms with Gasteiger partial charge in [-0.05, 0) is 132 Å². The minimum absolute atomic E-state index is 0.129. The molecule has 2 heteroatoms. The van der Waals surface area contributed by atoms with Crippen molar-refractivity contribution < 1.29 is 0 Å². The third-order valence-corrected chi connectivity index (χ3v) is 14.8. The fourth-order valence-corrected chi connectivity index (χ4v) is 11.5. The lowest BCUT2D eigenvalue weighted by molar-refractivity contribution is 0.231. The van der Waals surface area contributed by atoms with Crippen LogP contribution in [0, 0.1) is 5.41 Å². The zero-order valence-corrected chi connectivity index (χ0v) is 30.3. The van der Waals surface area contributed by atoms with Crippen LogP contribution in [0.2, 0.25) is 0 Å². The van der Waals surface area contributed by atoms with Gasteiger partial charge >= 0.3 is 0 Å². The van der Waals surface area contributed by atoms with Gasteiger partial charge in [-0.1, -0.05) is 130 Å². The third kappa shape index (κ3) is 4.35. The first-order valence-electron chi connectivity index (χ1n) is 17.9. The lowest BCUT2D eigenvalue weighted by Crippen LogP contribution is -2.31. The molecule has 2 aliphatic rings. The van der Waals surface area contributed by atoms with Crippen molar-refractivity contribution in [1.29, 1.82) is 0 Å². The molecular formula is C48H38S2. The smallest absolute Gasteiger partial charge is 0.0449 e. The molecule has 2 aromatic heterocycles. The van der Waals surface area contributed by atoms with Gasteiger partial charge in [0.15, 0.2) is 0 Å². The molecule has 50 heavy (non-hydrogen) atoms. The Morgan fingerprint density at radius 3 is 1.72 bits per heavy atom. The Morgan fingerprint density at radius 2 is 1.04 bits per heavy atom. The summed E-state index contributed by atoms with van der Waals surface area (Å²) in [6.07, 6.45) is 2.50. The quantitative estimate of drug-likeness (QED) is 0.170. The number of rotatable bonds is 5. The van der Waals surface area contributed by atoms with E-state index in [1.165, 1.54) is 87.3 Å². The number of thiophene rings is 2. The van der Waals surface area contributed by atoms with Crippen LogP contribution >= 0.6 is 22.7 Å². The lowest BCUT2D eigenvalue weighted by atomic mass is 9.67. The van der Waals surface area contributed by atoms with Gasteiger partial charge in [0.25, 0.3) is 0 Å². The van der Waals surface area contributed by atoms with Crippen LogP contribution in [0.4, 0.5) is 0 Å². The number of fused-ring (bicyclic) bond motifs is 7. The summed E-state index contributed by atoms with van der Waals surface area (Å²) in [6, 6.07) is 54.4. The number of benzene rings is 6. The largest absolute Gasteiger partial charge is 0.134 e. The second kappa shape index (κ2) is 11.1. The maximum Gasteiger partial charge on any atom is 0.0449 e. The van der Waals surface area contributed by atoms with E-state index in [1.807, 2.05) is 22.7 Å². The minimum atomic E-state index is 0.129. The van der Waals surface area contributed by atoms with E-state index in [9.17, 15) is 0 Å². The molecule has 2 unspecified atom stereocenters. The Labute approximate surface area is 302 Å². The highest BCUT2D eigenvalue weighted by molar-refractivity contribution is 7.25. The molecule has 10 rings (SSSR count). The van der Waals surface area contributed by atoms with Gasteiger partial charge < -0.3 is 0 Å². The van der Waals surface area contributed by atoms with Gasteiger partial charge in [0, 0.05) is 19.5 Å². The maximum absolute atomic E-state index is 2.56. The Bertz CT molecular complexity index is 2580. The van der Waals surface area contributed by atoms with Crippen LogP contribution in [-0.4, -0.2) is 0 Å². The maximum atomic E-state index is 2.56. The fraction of sp³-hybridized carbons (Fsp3) is 0.167. The zero-order valence-electron chi connectivity index (χ0n) is 28.7. The van der Waals surface area contributed by atoms with E-state index in [0.717, 1.165) is 0 Å². The highest BCUT2D eigenvalue weighted by Crippen LogP contribution is 2.71. The fourth-order valence-electron chi connectivity index (χ4n) is 9.45. The van der Waals surface area contributed by atoms with Crippen molar-refractivity contribution in [3.63, 3.8) is 0 Å². The van der Waals surface area contributed by atoms with Crippen LogP contribution in [0.5, 0.6) is 0 Å². The number of hydrogen-bond donors (Lipinski definition) is 0. The van der Waals surface area contributed by atoms with Crippen LogP contribution < -0.4 is 0 Å². The van der Waals surface area contributed by atoms with Crippen LogP contribution in [0.15, 0.2) is 146 Å². The average molecular weight is 679 g/mol. The van der Waals surface area contributed by atoms with E-state index >= 15 is 0 Å². The molecule has 0 N–H and O–H groups in total. The average Bonchev–Trinajstić information content (AvgIpc) is 3.92. The van der Waals surface area contributed by atoms with E-state index in [2.05, 4.69) is 166 Å². The molecule has 1 saturated carbocycles. The highest BCUT2D eigenvalue weighted by Gasteiger charge is 2.61. The van der Waals surface area contributed by atoms with Crippen LogP contribution in [-0.2, 0) is 5.41 Å². The topological polar surface area (TPSA) is 0 Å². The molecule has 0 aliphatic heterocycles. The van der Waals surface area contributed by atoms with Gasteiger partial charge in [0.1, 0.15) is 0 Å². The highest BCUT2D eigenvalue weighted by atomic mass is 32.1. The van der Waals surface area contributed by atoms with Gasteiger partial charge in [0.2, 0.25) is 0 Å². The summed E-state index contributed by atoms with van der Waals surface area (Å²) in [5.74, 6) is 0.539. The van der Waals surface area contributed by atoms with Crippen LogP contribution in [0.3, 0.4) is 0 Å². The summed E-state index contributed by atoms with van der Waals surface area (Å²) < 4.78 is 0. The van der Waals surface area contributed by atoms with Crippen molar-refractivity contribution >= 4 is 44.2 Å². The van der Waals surface area contributed by atoms with Crippen molar-refractivity contribution in [3.8, 4) is 52.9 Å². The summed E-state index contributed by atoms with van der Waals surface area (Å²) in [6.45, 7) is 7.63. The second-order valence-corrected chi connectivity index (χ2v) is 17.2. The first-order valence-corrected chi connectivity index (χ1v) is 19.5. The summed E-state index contributed by atoms with van der Waals surface area (Å²) >= 11 is 3.80. The van der Waals surface area contributed by atoms with Crippen molar-refractivity contribution in [2.75, 3.05) is 0 Å². The monoisotopic (exact) mass is 678 g/mol. The molecule has 0 radical (unpaired) electrons. The predicted molar refractivity (Wildman–Crippen MR) is 217 cm³/mol. The standard InChI is InChI=1S/C48H38S2/c1-47(2)38-26-27-48(47,3)46-44(32-15-8-5-9-16-32)36-21-20-35(29-37(36)43(45(38)46)31-13-6-4-7-14-31)40-23-25-42(50-40)41-24-22-39(49-41)34-19-18-30-12-10-11-17-33(30)28-34/h4-25,28-29,38H,26-27H2,1-3H3. The molecule has 6 aromatic carbocycles. The van der Waals surface area contributed by atoms with Gasteiger partial charge in [-0.2, -0.15) is 0 Å². The first-order chi connectivity index (χ1) is 24.4. The summed E-state index contributed by atoms with van der Waals surface area (Å²) in [5.41, 5.74) is 11.7. The van der Waals surface area contributed by atoms with E-state index < -0.39 is 0 Å².